The van der Waals surface area contributed by atoms with Crippen LogP contribution in [-0.2, 0) is 27.8 Å². The van der Waals surface area contributed by atoms with E-state index in [1.165, 1.54) is 4.31 Å². The number of hydrogen-bond acceptors (Lipinski definition) is 4. The molecule has 8 heteroatoms. The van der Waals surface area contributed by atoms with Gasteiger partial charge in [0.05, 0.1) is 15.9 Å². The highest BCUT2D eigenvalue weighted by Crippen LogP contribution is 2.31. The van der Waals surface area contributed by atoms with Gasteiger partial charge in [-0.3, -0.25) is 4.79 Å². The van der Waals surface area contributed by atoms with Crippen molar-refractivity contribution in [2.75, 3.05) is 24.5 Å². The smallest absolute Gasteiger partial charge is 0.247 e. The van der Waals surface area contributed by atoms with Gasteiger partial charge in [-0.15, -0.1) is 0 Å². The molecule has 0 fully saturated rings. The molecule has 0 aliphatic carbocycles. The second-order valence-corrected chi connectivity index (χ2v) is 9.35. The van der Waals surface area contributed by atoms with E-state index < -0.39 is 10.0 Å². The Kier molecular flexibility index (Phi) is 5.38. The molecule has 0 radical (unpaired) electrons. The minimum atomic E-state index is -3.51. The molecule has 7 nitrogen and oxygen atoms in total. The summed E-state index contributed by atoms with van der Waals surface area (Å²) in [4.78, 5) is 19.7. The number of aromatic nitrogens is 2. The van der Waals surface area contributed by atoms with Gasteiger partial charge in [0.25, 0.3) is 0 Å². The third-order valence-corrected chi connectivity index (χ3v) is 7.78. The van der Waals surface area contributed by atoms with Crippen LogP contribution >= 0.6 is 0 Å². The quantitative estimate of drug-likeness (QED) is 0.607. The standard InChI is InChI=1S/C22H26N4O3S/c1-4-24(5-2)30(28,29)18-10-11-20-17(14-18)12-13-25(20)22(27)15-26-16(3)23-19-8-6-7-9-21(19)26/h6-11,14H,4-5,12-13,15H2,1-3H3. The molecule has 0 saturated heterocycles. The highest BCUT2D eigenvalue weighted by atomic mass is 32.2. The fourth-order valence-corrected chi connectivity index (χ4v) is 5.64. The van der Waals surface area contributed by atoms with Crippen molar-refractivity contribution < 1.29 is 13.2 Å². The van der Waals surface area contributed by atoms with Gasteiger partial charge in [-0.05, 0) is 49.2 Å². The second kappa shape index (κ2) is 7.85. The summed E-state index contributed by atoms with van der Waals surface area (Å²) >= 11 is 0. The van der Waals surface area contributed by atoms with E-state index in [4.69, 9.17) is 0 Å². The molecule has 0 spiro atoms. The summed E-state index contributed by atoms with van der Waals surface area (Å²) < 4.78 is 29.0. The predicted molar refractivity (Wildman–Crippen MR) is 117 cm³/mol. The number of hydrogen-bond donors (Lipinski definition) is 0. The molecule has 4 rings (SSSR count). The molecule has 0 saturated carbocycles. The lowest BCUT2D eigenvalue weighted by molar-refractivity contribution is -0.119. The number of para-hydroxylation sites is 2. The average Bonchev–Trinajstić information content (AvgIpc) is 3.29. The van der Waals surface area contributed by atoms with Gasteiger partial charge < -0.3 is 9.47 Å². The van der Waals surface area contributed by atoms with Crippen molar-refractivity contribution in [2.24, 2.45) is 0 Å². The van der Waals surface area contributed by atoms with Crippen molar-refractivity contribution in [3.8, 4) is 0 Å². The molecule has 0 N–H and O–H groups in total. The minimum absolute atomic E-state index is 0.0284. The maximum Gasteiger partial charge on any atom is 0.247 e. The third kappa shape index (κ3) is 3.40. The first kappa shape index (κ1) is 20.6. The van der Waals surface area contributed by atoms with E-state index in [-0.39, 0.29) is 17.3 Å². The molecular formula is C22H26N4O3S. The Morgan fingerprint density at radius 1 is 1.13 bits per heavy atom. The van der Waals surface area contributed by atoms with E-state index in [2.05, 4.69) is 4.98 Å². The lowest BCUT2D eigenvalue weighted by Gasteiger charge is -2.20. The second-order valence-electron chi connectivity index (χ2n) is 7.41. The van der Waals surface area contributed by atoms with E-state index in [0.29, 0.717) is 26.1 Å². The van der Waals surface area contributed by atoms with Crippen molar-refractivity contribution in [1.82, 2.24) is 13.9 Å². The Morgan fingerprint density at radius 3 is 2.60 bits per heavy atom. The van der Waals surface area contributed by atoms with Crippen molar-refractivity contribution >= 4 is 32.7 Å². The fourth-order valence-electron chi connectivity index (χ4n) is 4.13. The number of imidazole rings is 1. The van der Waals surface area contributed by atoms with E-state index in [1.807, 2.05) is 49.6 Å². The summed E-state index contributed by atoms with van der Waals surface area (Å²) in [7, 11) is -3.51. The first-order valence-electron chi connectivity index (χ1n) is 10.2. The molecule has 0 atom stereocenters. The summed E-state index contributed by atoms with van der Waals surface area (Å²) in [6.07, 6.45) is 0.645. The van der Waals surface area contributed by atoms with Crippen LogP contribution in [-0.4, -0.2) is 47.8 Å². The molecule has 2 aromatic carbocycles. The number of aryl methyl sites for hydroxylation is 1. The van der Waals surface area contributed by atoms with E-state index in [0.717, 1.165) is 28.1 Å². The Balaban J connectivity index is 1.60. The van der Waals surface area contributed by atoms with Crippen LogP contribution < -0.4 is 4.90 Å². The molecule has 1 aliphatic rings. The largest absolute Gasteiger partial charge is 0.319 e. The van der Waals surface area contributed by atoms with Crippen molar-refractivity contribution in [1.29, 1.82) is 0 Å². The molecule has 1 aliphatic heterocycles. The number of anilines is 1. The van der Waals surface area contributed by atoms with Gasteiger partial charge in [0.2, 0.25) is 15.9 Å². The predicted octanol–water partition coefficient (Wildman–Crippen LogP) is 2.96. The van der Waals surface area contributed by atoms with Crippen molar-refractivity contribution in [3.63, 3.8) is 0 Å². The summed E-state index contributed by atoms with van der Waals surface area (Å²) in [5.41, 5.74) is 3.49. The van der Waals surface area contributed by atoms with Crippen LogP contribution in [0.1, 0.15) is 25.2 Å². The zero-order valence-electron chi connectivity index (χ0n) is 17.5. The van der Waals surface area contributed by atoms with Crippen LogP contribution in [0.25, 0.3) is 11.0 Å². The molecule has 0 unspecified atom stereocenters. The molecule has 1 aromatic heterocycles. The molecule has 1 amide bonds. The molecule has 158 valence electrons. The van der Waals surface area contributed by atoms with Crippen LogP contribution in [0.4, 0.5) is 5.69 Å². The van der Waals surface area contributed by atoms with Crippen molar-refractivity contribution in [2.45, 2.75) is 38.6 Å². The Morgan fingerprint density at radius 2 is 1.87 bits per heavy atom. The Labute approximate surface area is 177 Å². The Hall–Kier alpha value is -2.71. The van der Waals surface area contributed by atoms with Crippen LogP contribution in [0.2, 0.25) is 0 Å². The Bertz CT molecular complexity index is 1210. The number of carbonyl (C=O) groups excluding carboxylic acids is 1. The summed E-state index contributed by atoms with van der Waals surface area (Å²) in [6, 6.07) is 12.9. The monoisotopic (exact) mass is 426 g/mol. The molecule has 30 heavy (non-hydrogen) atoms. The first-order valence-corrected chi connectivity index (χ1v) is 11.7. The molecule has 2 heterocycles. The molecule has 3 aromatic rings. The molecule has 0 bridgehead atoms. The molecular weight excluding hydrogens is 400 g/mol. The number of nitrogens with zero attached hydrogens (tertiary/aromatic N) is 4. The first-order chi connectivity index (χ1) is 14.4. The van der Waals surface area contributed by atoms with E-state index in [9.17, 15) is 13.2 Å². The lowest BCUT2D eigenvalue weighted by Crippen LogP contribution is -2.32. The maximum atomic E-state index is 13.1. The highest BCUT2D eigenvalue weighted by molar-refractivity contribution is 7.89. The van der Waals surface area contributed by atoms with Crippen LogP contribution in [0.5, 0.6) is 0 Å². The summed E-state index contributed by atoms with van der Waals surface area (Å²) in [6.45, 7) is 7.17. The number of carbonyl (C=O) groups is 1. The van der Waals surface area contributed by atoms with Gasteiger partial charge in [-0.25, -0.2) is 13.4 Å². The highest BCUT2D eigenvalue weighted by Gasteiger charge is 2.29. The van der Waals surface area contributed by atoms with Crippen molar-refractivity contribution in [3.05, 3.63) is 53.9 Å². The topological polar surface area (TPSA) is 75.5 Å². The van der Waals surface area contributed by atoms with Crippen LogP contribution in [0.3, 0.4) is 0 Å². The SMILES string of the molecule is CCN(CC)S(=O)(=O)c1ccc2c(c1)CCN2C(=O)Cn1c(C)nc2ccccc21. The number of benzene rings is 2. The fraction of sp³-hybridized carbons (Fsp3) is 0.364. The van der Waals surface area contributed by atoms with Gasteiger partial charge in [0.1, 0.15) is 12.4 Å². The van der Waals surface area contributed by atoms with Gasteiger partial charge in [0, 0.05) is 25.3 Å². The minimum Gasteiger partial charge on any atom is -0.319 e. The number of fused-ring (bicyclic) bond motifs is 2. The average molecular weight is 427 g/mol. The third-order valence-electron chi connectivity index (χ3n) is 5.73. The van der Waals surface area contributed by atoms with Gasteiger partial charge in [-0.2, -0.15) is 4.31 Å². The van der Waals surface area contributed by atoms with Gasteiger partial charge in [-0.1, -0.05) is 26.0 Å². The van der Waals surface area contributed by atoms with Gasteiger partial charge >= 0.3 is 0 Å². The number of amides is 1. The maximum absolute atomic E-state index is 13.1. The summed E-state index contributed by atoms with van der Waals surface area (Å²) in [5.74, 6) is 0.768. The zero-order valence-corrected chi connectivity index (χ0v) is 18.3. The van der Waals surface area contributed by atoms with Crippen LogP contribution in [0.15, 0.2) is 47.4 Å². The van der Waals surface area contributed by atoms with Crippen LogP contribution in [0, 0.1) is 6.92 Å². The van der Waals surface area contributed by atoms with E-state index >= 15 is 0 Å². The summed E-state index contributed by atoms with van der Waals surface area (Å²) in [5, 5.41) is 0. The lowest BCUT2D eigenvalue weighted by atomic mass is 10.2. The zero-order chi connectivity index (χ0) is 21.5. The number of rotatable bonds is 6. The van der Waals surface area contributed by atoms with Gasteiger partial charge in [0.15, 0.2) is 0 Å². The normalized spacial score (nSPS) is 13.9. The van der Waals surface area contributed by atoms with E-state index in [1.54, 1.807) is 23.1 Å². The number of sulfonamides is 1.